The molecule has 0 aromatic rings. The summed E-state index contributed by atoms with van der Waals surface area (Å²) in [6, 6.07) is 0. The molecule has 0 saturated heterocycles. The summed E-state index contributed by atoms with van der Waals surface area (Å²) in [4.78, 5) is 0. The van der Waals surface area contributed by atoms with Gasteiger partial charge in [-0.1, -0.05) is 69.4 Å². The van der Waals surface area contributed by atoms with Crippen LogP contribution < -0.4 is 0 Å². The van der Waals surface area contributed by atoms with Gasteiger partial charge in [-0.25, -0.2) is 0 Å². The van der Waals surface area contributed by atoms with Gasteiger partial charge in [-0.2, -0.15) is 0 Å². The van der Waals surface area contributed by atoms with Crippen LogP contribution >= 0.6 is 0 Å². The predicted octanol–water partition coefficient (Wildman–Crippen LogP) is 5.81. The monoisotopic (exact) mass is 470 g/mol. The standard InChI is InChI=1S/C30H46O4/c1-6-30(33,7-2)20-34-17-9-10-21(3)26-14-15-27-23(11-8-16-29(26,27)5)12-13-24-18-25(31)19-28(32)22(24)4/h9-10,12-13,25-28,31-33H,3-4,6-8,11,14-20H2,1-2,5H3/b10-9+,23-12+,24-13-/t25-,26-,27+,28+,29-/m1/s1. The molecule has 3 aliphatic rings. The van der Waals surface area contributed by atoms with Crippen LogP contribution in [0.15, 0.2) is 59.8 Å². The first-order valence-corrected chi connectivity index (χ1v) is 13.2. The number of fused-ring (bicyclic) bond motifs is 1. The van der Waals surface area contributed by atoms with Crippen LogP contribution in [-0.4, -0.2) is 46.3 Å². The van der Waals surface area contributed by atoms with Crippen LogP contribution in [0.2, 0.25) is 0 Å². The summed E-state index contributed by atoms with van der Waals surface area (Å²) in [5, 5.41) is 30.6. The molecule has 0 unspecified atom stereocenters. The molecule has 3 saturated carbocycles. The summed E-state index contributed by atoms with van der Waals surface area (Å²) in [7, 11) is 0. The van der Waals surface area contributed by atoms with E-state index < -0.39 is 17.8 Å². The molecule has 0 aromatic heterocycles. The van der Waals surface area contributed by atoms with E-state index in [2.05, 4.69) is 38.3 Å². The van der Waals surface area contributed by atoms with Gasteiger partial charge >= 0.3 is 0 Å². The Morgan fingerprint density at radius 3 is 2.65 bits per heavy atom. The number of allylic oxidation sites excluding steroid dienone is 5. The molecule has 4 nitrogen and oxygen atoms in total. The summed E-state index contributed by atoms with van der Waals surface area (Å²) in [6.07, 6.45) is 15.6. The van der Waals surface area contributed by atoms with Gasteiger partial charge < -0.3 is 20.1 Å². The summed E-state index contributed by atoms with van der Waals surface area (Å²) < 4.78 is 5.72. The lowest BCUT2D eigenvalue weighted by atomic mass is 9.62. The maximum absolute atomic E-state index is 10.4. The highest BCUT2D eigenvalue weighted by atomic mass is 16.5. The fraction of sp³-hybridized carbons (Fsp3) is 0.667. The van der Waals surface area contributed by atoms with E-state index >= 15 is 0 Å². The summed E-state index contributed by atoms with van der Waals surface area (Å²) in [6.45, 7) is 15.8. The zero-order valence-corrected chi connectivity index (χ0v) is 21.6. The molecule has 0 radical (unpaired) electrons. The molecule has 3 N–H and O–H groups in total. The number of hydrogen-bond donors (Lipinski definition) is 3. The Morgan fingerprint density at radius 1 is 1.21 bits per heavy atom. The van der Waals surface area contributed by atoms with Gasteiger partial charge in [-0.05, 0) is 79.8 Å². The van der Waals surface area contributed by atoms with E-state index in [4.69, 9.17) is 4.74 Å². The Hall–Kier alpha value is -1.46. The molecular formula is C30H46O4. The molecule has 3 aliphatic carbocycles. The van der Waals surface area contributed by atoms with Gasteiger partial charge in [0.25, 0.3) is 0 Å². The van der Waals surface area contributed by atoms with Crippen molar-refractivity contribution in [3.8, 4) is 0 Å². The normalized spacial score (nSPS) is 34.8. The molecule has 190 valence electrons. The number of ether oxygens (including phenoxy) is 1. The highest BCUT2D eigenvalue weighted by molar-refractivity contribution is 5.39. The molecule has 0 spiro atoms. The topological polar surface area (TPSA) is 69.9 Å². The summed E-state index contributed by atoms with van der Waals surface area (Å²) in [5.74, 6) is 1.00. The van der Waals surface area contributed by atoms with Crippen molar-refractivity contribution in [2.45, 2.75) is 96.4 Å². The van der Waals surface area contributed by atoms with Crippen LogP contribution in [0.3, 0.4) is 0 Å². The summed E-state index contributed by atoms with van der Waals surface area (Å²) >= 11 is 0. The van der Waals surface area contributed by atoms with Gasteiger partial charge in [0.05, 0.1) is 31.0 Å². The van der Waals surface area contributed by atoms with Crippen molar-refractivity contribution in [3.63, 3.8) is 0 Å². The Balaban J connectivity index is 1.63. The largest absolute Gasteiger partial charge is 0.393 e. The first-order chi connectivity index (χ1) is 16.1. The smallest absolute Gasteiger partial charge is 0.0875 e. The first kappa shape index (κ1) is 27.1. The van der Waals surface area contributed by atoms with E-state index in [0.29, 0.717) is 50.7 Å². The van der Waals surface area contributed by atoms with E-state index in [1.165, 1.54) is 30.4 Å². The third-order valence-electron chi connectivity index (χ3n) is 8.91. The lowest BCUT2D eigenvalue weighted by molar-refractivity contribution is -0.0446. The molecule has 3 rings (SSSR count). The van der Waals surface area contributed by atoms with Gasteiger partial charge in [0, 0.05) is 6.42 Å². The Morgan fingerprint density at radius 2 is 1.94 bits per heavy atom. The van der Waals surface area contributed by atoms with Crippen LogP contribution in [-0.2, 0) is 4.74 Å². The van der Waals surface area contributed by atoms with Crippen molar-refractivity contribution >= 4 is 0 Å². The third kappa shape index (κ3) is 6.02. The van der Waals surface area contributed by atoms with Gasteiger partial charge in [0.2, 0.25) is 0 Å². The fourth-order valence-corrected chi connectivity index (χ4v) is 6.40. The van der Waals surface area contributed by atoms with Gasteiger partial charge in [0.15, 0.2) is 0 Å². The maximum Gasteiger partial charge on any atom is 0.0875 e. The van der Waals surface area contributed by atoms with Crippen LogP contribution in [0.1, 0.15) is 78.6 Å². The highest BCUT2D eigenvalue weighted by Crippen LogP contribution is 2.59. The van der Waals surface area contributed by atoms with E-state index in [-0.39, 0.29) is 5.41 Å². The lowest BCUT2D eigenvalue weighted by Crippen LogP contribution is -2.33. The van der Waals surface area contributed by atoms with Crippen molar-refractivity contribution < 1.29 is 20.1 Å². The fourth-order valence-electron chi connectivity index (χ4n) is 6.40. The minimum absolute atomic E-state index is 0.206. The maximum atomic E-state index is 10.4. The van der Waals surface area contributed by atoms with Gasteiger partial charge in [-0.3, -0.25) is 0 Å². The minimum Gasteiger partial charge on any atom is -0.393 e. The van der Waals surface area contributed by atoms with Crippen molar-refractivity contribution in [2.24, 2.45) is 17.3 Å². The van der Waals surface area contributed by atoms with Crippen LogP contribution in [0.25, 0.3) is 0 Å². The summed E-state index contributed by atoms with van der Waals surface area (Å²) in [5.41, 5.74) is 3.88. The molecule has 3 fully saturated rings. The van der Waals surface area contributed by atoms with E-state index in [0.717, 1.165) is 24.0 Å². The Kier molecular flexibility index (Phi) is 9.19. The Labute approximate surface area is 206 Å². The van der Waals surface area contributed by atoms with Crippen molar-refractivity contribution in [1.82, 2.24) is 0 Å². The quantitative estimate of drug-likeness (QED) is 0.294. The minimum atomic E-state index is -0.725. The number of hydrogen-bond acceptors (Lipinski definition) is 4. The molecule has 0 aromatic carbocycles. The van der Waals surface area contributed by atoms with Gasteiger partial charge in [-0.15, -0.1) is 0 Å². The molecule has 0 amide bonds. The molecule has 4 heteroatoms. The van der Waals surface area contributed by atoms with E-state index in [9.17, 15) is 15.3 Å². The SMILES string of the molecule is C=C(/C=C/COCC(O)(CC)CC)[C@H]1CC[C@H]2/C(=C/C=C3/C[C@@H](O)C[C@H](O)C3=C)CCC[C@]12C. The zero-order chi connectivity index (χ0) is 24.9. The lowest BCUT2D eigenvalue weighted by Gasteiger charge is -2.42. The first-order valence-electron chi connectivity index (χ1n) is 13.2. The molecule has 0 heterocycles. The van der Waals surface area contributed by atoms with E-state index in [1.807, 2.05) is 19.9 Å². The Bertz CT molecular complexity index is 831. The second-order valence-electron chi connectivity index (χ2n) is 11.0. The van der Waals surface area contributed by atoms with E-state index in [1.54, 1.807) is 0 Å². The number of rotatable bonds is 9. The van der Waals surface area contributed by atoms with Crippen LogP contribution in [0.4, 0.5) is 0 Å². The zero-order valence-electron chi connectivity index (χ0n) is 21.6. The highest BCUT2D eigenvalue weighted by Gasteiger charge is 2.49. The van der Waals surface area contributed by atoms with Crippen LogP contribution in [0, 0.1) is 17.3 Å². The van der Waals surface area contributed by atoms with Gasteiger partial charge in [0.1, 0.15) is 0 Å². The predicted molar refractivity (Wildman–Crippen MR) is 139 cm³/mol. The van der Waals surface area contributed by atoms with Crippen molar-refractivity contribution in [2.75, 3.05) is 13.2 Å². The second kappa shape index (κ2) is 11.5. The van der Waals surface area contributed by atoms with Crippen LogP contribution in [0.5, 0.6) is 0 Å². The second-order valence-corrected chi connectivity index (χ2v) is 11.0. The molecule has 0 bridgehead atoms. The number of aliphatic hydroxyl groups is 3. The average Bonchev–Trinajstić information content (AvgIpc) is 3.17. The van der Waals surface area contributed by atoms with Crippen molar-refractivity contribution in [3.05, 3.63) is 59.8 Å². The molecule has 0 aliphatic heterocycles. The average molecular weight is 471 g/mol. The number of aliphatic hydroxyl groups excluding tert-OH is 2. The molecule has 5 atom stereocenters. The molecular weight excluding hydrogens is 424 g/mol. The third-order valence-corrected chi connectivity index (χ3v) is 8.91. The van der Waals surface area contributed by atoms with Crippen molar-refractivity contribution in [1.29, 1.82) is 0 Å². The molecule has 34 heavy (non-hydrogen) atoms.